The van der Waals surface area contributed by atoms with Gasteiger partial charge in [-0.05, 0) is 36.1 Å². The van der Waals surface area contributed by atoms with E-state index in [9.17, 15) is 13.2 Å². The van der Waals surface area contributed by atoms with Crippen molar-refractivity contribution in [3.8, 4) is 0 Å². The molecule has 0 aromatic heterocycles. The van der Waals surface area contributed by atoms with Gasteiger partial charge in [-0.25, -0.2) is 8.42 Å². The van der Waals surface area contributed by atoms with Gasteiger partial charge in [-0.1, -0.05) is 0 Å². The number of sulfonamides is 1. The smallest absolute Gasteiger partial charge is 0.243 e. The number of hydrogen-bond donors (Lipinski definition) is 0. The average Bonchev–Trinajstić information content (AvgIpc) is 3.27. The second kappa shape index (κ2) is 5.76. The second-order valence-electron chi connectivity index (χ2n) is 7.40. The first-order valence-corrected chi connectivity index (χ1v) is 10.7. The first-order valence-electron chi connectivity index (χ1n) is 9.23. The zero-order valence-electron chi connectivity index (χ0n) is 14.6. The predicted molar refractivity (Wildman–Crippen MR) is 93.4 cm³/mol. The lowest BCUT2D eigenvalue weighted by Crippen LogP contribution is -2.47. The van der Waals surface area contributed by atoms with E-state index in [1.54, 1.807) is 16.4 Å². The SMILES string of the molecule is O=C1CCc2cc(S(=O)(=O)N3CCC4(CC3)OCCO4)cc3c2N1CC3. The Kier molecular flexibility index (Phi) is 3.69. The van der Waals surface area contributed by atoms with E-state index in [2.05, 4.69) is 0 Å². The summed E-state index contributed by atoms with van der Waals surface area (Å²) in [5.41, 5.74) is 2.91. The topological polar surface area (TPSA) is 76.2 Å². The van der Waals surface area contributed by atoms with Crippen molar-refractivity contribution in [3.63, 3.8) is 0 Å². The number of rotatable bonds is 2. The minimum atomic E-state index is -3.55. The maximum Gasteiger partial charge on any atom is 0.243 e. The molecule has 7 nitrogen and oxygen atoms in total. The number of anilines is 1. The molecule has 1 aromatic carbocycles. The summed E-state index contributed by atoms with van der Waals surface area (Å²) < 4.78 is 39.3. The second-order valence-corrected chi connectivity index (χ2v) is 9.34. The number of nitrogens with zero attached hydrogens (tertiary/aromatic N) is 2. The van der Waals surface area contributed by atoms with Gasteiger partial charge >= 0.3 is 0 Å². The summed E-state index contributed by atoms with van der Waals surface area (Å²) in [4.78, 5) is 14.2. The minimum Gasteiger partial charge on any atom is -0.347 e. The van der Waals surface area contributed by atoms with Gasteiger partial charge in [0, 0.05) is 38.9 Å². The van der Waals surface area contributed by atoms with Gasteiger partial charge in [-0.3, -0.25) is 4.79 Å². The highest BCUT2D eigenvalue weighted by atomic mass is 32.2. The molecule has 0 saturated carbocycles. The Morgan fingerprint density at radius 1 is 0.923 bits per heavy atom. The molecule has 2 saturated heterocycles. The fourth-order valence-corrected chi connectivity index (χ4v) is 6.12. The standard InChI is InChI=1S/C18H22N2O5S/c21-16-2-1-13-11-15(12-14-3-6-20(16)17(13)14)26(22,23)19-7-4-18(5-8-19)24-9-10-25-18/h11-12H,1-10H2. The summed E-state index contributed by atoms with van der Waals surface area (Å²) >= 11 is 0. The molecule has 4 heterocycles. The average molecular weight is 378 g/mol. The van der Waals surface area contributed by atoms with Crippen LogP contribution in [0.15, 0.2) is 17.0 Å². The van der Waals surface area contributed by atoms with Crippen molar-refractivity contribution in [2.24, 2.45) is 0 Å². The van der Waals surface area contributed by atoms with E-state index in [4.69, 9.17) is 9.47 Å². The van der Waals surface area contributed by atoms with Gasteiger partial charge in [0.1, 0.15) is 0 Å². The molecule has 1 aromatic rings. The first kappa shape index (κ1) is 16.7. The predicted octanol–water partition coefficient (Wildman–Crippen LogP) is 1.05. The Morgan fingerprint density at radius 2 is 1.58 bits per heavy atom. The molecule has 8 heteroatoms. The summed E-state index contributed by atoms with van der Waals surface area (Å²) in [5, 5.41) is 0. The third kappa shape index (κ3) is 2.43. The highest BCUT2D eigenvalue weighted by Crippen LogP contribution is 2.40. The van der Waals surface area contributed by atoms with Crippen LogP contribution in [0.1, 0.15) is 30.4 Å². The molecule has 4 aliphatic heterocycles. The third-order valence-corrected chi connectivity index (χ3v) is 7.84. The summed E-state index contributed by atoms with van der Waals surface area (Å²) in [6.07, 6.45) is 2.92. The number of aryl methyl sites for hydroxylation is 1. The lowest BCUT2D eigenvalue weighted by molar-refractivity contribution is -0.179. The number of carbonyl (C=O) groups excluding carboxylic acids is 1. The minimum absolute atomic E-state index is 0.143. The molecule has 0 atom stereocenters. The van der Waals surface area contributed by atoms with Crippen molar-refractivity contribution in [1.29, 1.82) is 0 Å². The van der Waals surface area contributed by atoms with Crippen LogP contribution in [-0.2, 0) is 37.1 Å². The monoisotopic (exact) mass is 378 g/mol. The van der Waals surface area contributed by atoms with E-state index in [1.165, 1.54) is 0 Å². The van der Waals surface area contributed by atoms with Gasteiger partial charge in [-0.15, -0.1) is 0 Å². The van der Waals surface area contributed by atoms with Crippen LogP contribution < -0.4 is 4.90 Å². The first-order chi connectivity index (χ1) is 12.5. The van der Waals surface area contributed by atoms with Crippen LogP contribution in [0.2, 0.25) is 0 Å². The molecule has 26 heavy (non-hydrogen) atoms. The number of ether oxygens (including phenoxy) is 2. The van der Waals surface area contributed by atoms with Crippen LogP contribution in [0.3, 0.4) is 0 Å². The molecular weight excluding hydrogens is 356 g/mol. The van der Waals surface area contributed by atoms with Crippen molar-refractivity contribution in [2.45, 2.75) is 42.8 Å². The normalized spacial score (nSPS) is 25.1. The molecule has 0 N–H and O–H groups in total. The molecule has 0 unspecified atom stereocenters. The maximum absolute atomic E-state index is 13.2. The van der Waals surface area contributed by atoms with E-state index in [0.29, 0.717) is 63.4 Å². The number of amides is 1. The van der Waals surface area contributed by atoms with E-state index >= 15 is 0 Å². The fraction of sp³-hybridized carbons (Fsp3) is 0.611. The Hall–Kier alpha value is -1.48. The van der Waals surface area contributed by atoms with E-state index < -0.39 is 15.8 Å². The lowest BCUT2D eigenvalue weighted by atomic mass is 10.00. The van der Waals surface area contributed by atoms with Gasteiger partial charge in [0.05, 0.1) is 23.8 Å². The lowest BCUT2D eigenvalue weighted by Gasteiger charge is -2.37. The van der Waals surface area contributed by atoms with Gasteiger partial charge in [0.25, 0.3) is 0 Å². The number of hydrogen-bond acceptors (Lipinski definition) is 5. The molecule has 0 radical (unpaired) electrons. The molecule has 0 bridgehead atoms. The molecule has 0 aliphatic carbocycles. The van der Waals surface area contributed by atoms with Gasteiger partial charge in [0.2, 0.25) is 15.9 Å². The van der Waals surface area contributed by atoms with Crippen molar-refractivity contribution in [1.82, 2.24) is 4.31 Å². The molecule has 5 rings (SSSR count). The van der Waals surface area contributed by atoms with Crippen molar-refractivity contribution >= 4 is 21.6 Å². The summed E-state index contributed by atoms with van der Waals surface area (Å²) in [7, 11) is -3.55. The van der Waals surface area contributed by atoms with Crippen LogP contribution >= 0.6 is 0 Å². The largest absolute Gasteiger partial charge is 0.347 e. The zero-order chi connectivity index (χ0) is 17.9. The Morgan fingerprint density at radius 3 is 2.27 bits per heavy atom. The Bertz CT molecular complexity index is 866. The van der Waals surface area contributed by atoms with Crippen LogP contribution in [0.4, 0.5) is 5.69 Å². The summed E-state index contributed by atoms with van der Waals surface area (Å²) in [5.74, 6) is -0.443. The quantitative estimate of drug-likeness (QED) is 0.769. The number of piperidine rings is 1. The van der Waals surface area contributed by atoms with Crippen LogP contribution in [0.25, 0.3) is 0 Å². The Balaban J connectivity index is 1.44. The van der Waals surface area contributed by atoms with Gasteiger partial charge in [-0.2, -0.15) is 4.31 Å². The maximum atomic E-state index is 13.2. The van der Waals surface area contributed by atoms with Gasteiger partial charge in [0.15, 0.2) is 5.79 Å². The van der Waals surface area contributed by atoms with Crippen molar-refractivity contribution in [2.75, 3.05) is 37.7 Å². The van der Waals surface area contributed by atoms with Crippen molar-refractivity contribution < 1.29 is 22.7 Å². The Labute approximate surface area is 152 Å². The fourth-order valence-electron chi connectivity index (χ4n) is 4.58. The van der Waals surface area contributed by atoms with Crippen LogP contribution in [-0.4, -0.2) is 57.3 Å². The van der Waals surface area contributed by atoms with Crippen molar-refractivity contribution in [3.05, 3.63) is 23.3 Å². The summed E-state index contributed by atoms with van der Waals surface area (Å²) in [6.45, 7) is 2.62. The molecule has 1 amide bonds. The third-order valence-electron chi connectivity index (χ3n) is 5.96. The van der Waals surface area contributed by atoms with E-state index in [0.717, 1.165) is 23.2 Å². The molecule has 2 fully saturated rings. The molecule has 4 aliphatic rings. The van der Waals surface area contributed by atoms with E-state index in [1.807, 2.05) is 4.90 Å². The molecular formula is C18H22N2O5S. The highest BCUT2D eigenvalue weighted by molar-refractivity contribution is 7.89. The zero-order valence-corrected chi connectivity index (χ0v) is 15.4. The van der Waals surface area contributed by atoms with Gasteiger partial charge < -0.3 is 14.4 Å². The molecule has 140 valence electrons. The highest BCUT2D eigenvalue weighted by Gasteiger charge is 2.43. The number of benzene rings is 1. The van der Waals surface area contributed by atoms with Crippen LogP contribution in [0.5, 0.6) is 0 Å². The van der Waals surface area contributed by atoms with E-state index in [-0.39, 0.29) is 5.91 Å². The number of carbonyl (C=O) groups is 1. The van der Waals surface area contributed by atoms with Crippen LogP contribution in [0, 0.1) is 0 Å². The molecule has 1 spiro atoms. The summed E-state index contributed by atoms with van der Waals surface area (Å²) in [6, 6.07) is 3.53.